The van der Waals surface area contributed by atoms with Crippen LogP contribution < -0.4 is 16.8 Å². The van der Waals surface area contributed by atoms with E-state index in [0.717, 1.165) is 23.0 Å². The lowest BCUT2D eigenvalue weighted by molar-refractivity contribution is 1.08. The number of rotatable bonds is 5. The molecular formula is C19H18N8. The van der Waals surface area contributed by atoms with E-state index in [9.17, 15) is 0 Å². The molecule has 0 atom stereocenters. The molecule has 2 heterocycles. The SMILES string of the molecule is Cc1cc(CNc2nc(N)nc(-c3cncc(C#N)c3)c2C=N)ccc1N. The summed E-state index contributed by atoms with van der Waals surface area (Å²) in [6.45, 7) is 2.42. The molecule has 1 aromatic carbocycles. The summed E-state index contributed by atoms with van der Waals surface area (Å²) in [4.78, 5) is 12.5. The Balaban J connectivity index is 1.98. The molecule has 0 amide bonds. The average Bonchev–Trinajstić information content (AvgIpc) is 2.68. The molecular weight excluding hydrogens is 340 g/mol. The molecule has 0 radical (unpaired) electrons. The van der Waals surface area contributed by atoms with Gasteiger partial charge in [-0.15, -0.1) is 0 Å². The van der Waals surface area contributed by atoms with Crippen LogP contribution >= 0.6 is 0 Å². The Labute approximate surface area is 156 Å². The maximum atomic E-state index is 9.08. The zero-order chi connectivity index (χ0) is 19.4. The van der Waals surface area contributed by atoms with Crippen LogP contribution in [0.2, 0.25) is 0 Å². The summed E-state index contributed by atoms with van der Waals surface area (Å²) in [5.74, 6) is 0.498. The molecule has 0 saturated carbocycles. The third kappa shape index (κ3) is 3.82. The number of anilines is 3. The summed E-state index contributed by atoms with van der Waals surface area (Å²) in [6.07, 6.45) is 4.19. The minimum atomic E-state index is 0.0638. The molecule has 0 aliphatic rings. The molecule has 0 fully saturated rings. The van der Waals surface area contributed by atoms with Gasteiger partial charge in [-0.2, -0.15) is 10.2 Å². The minimum absolute atomic E-state index is 0.0638. The molecule has 0 aliphatic carbocycles. The topological polar surface area (TPSA) is 150 Å². The van der Waals surface area contributed by atoms with Gasteiger partial charge in [0.1, 0.15) is 11.9 Å². The fourth-order valence-corrected chi connectivity index (χ4v) is 2.64. The van der Waals surface area contributed by atoms with Crippen molar-refractivity contribution in [2.75, 3.05) is 16.8 Å². The maximum absolute atomic E-state index is 9.08. The molecule has 2 aromatic heterocycles. The van der Waals surface area contributed by atoms with Crippen LogP contribution in [0.3, 0.4) is 0 Å². The summed E-state index contributed by atoms with van der Waals surface area (Å²) in [5, 5.41) is 20.1. The Morgan fingerprint density at radius 2 is 2.04 bits per heavy atom. The number of hydrogen-bond acceptors (Lipinski definition) is 8. The van der Waals surface area contributed by atoms with Gasteiger partial charge < -0.3 is 22.2 Å². The fraction of sp³-hybridized carbons (Fsp3) is 0.105. The first-order valence-electron chi connectivity index (χ1n) is 8.14. The predicted octanol–water partition coefficient (Wildman–Crippen LogP) is 2.49. The minimum Gasteiger partial charge on any atom is -0.399 e. The number of nitriles is 1. The molecule has 0 bridgehead atoms. The van der Waals surface area contributed by atoms with E-state index >= 15 is 0 Å². The third-order valence-corrected chi connectivity index (χ3v) is 4.04. The van der Waals surface area contributed by atoms with Crippen LogP contribution in [-0.4, -0.2) is 21.2 Å². The highest BCUT2D eigenvalue weighted by molar-refractivity contribution is 5.93. The Morgan fingerprint density at radius 3 is 2.74 bits per heavy atom. The van der Waals surface area contributed by atoms with Crippen molar-refractivity contribution in [3.63, 3.8) is 0 Å². The van der Waals surface area contributed by atoms with Gasteiger partial charge in [0.2, 0.25) is 5.95 Å². The normalized spacial score (nSPS) is 10.2. The quantitative estimate of drug-likeness (QED) is 0.404. The second-order valence-electron chi connectivity index (χ2n) is 5.96. The molecule has 3 rings (SSSR count). The number of aromatic nitrogens is 3. The predicted molar refractivity (Wildman–Crippen MR) is 105 cm³/mol. The molecule has 27 heavy (non-hydrogen) atoms. The first-order valence-corrected chi connectivity index (χ1v) is 8.14. The maximum Gasteiger partial charge on any atom is 0.222 e. The highest BCUT2D eigenvalue weighted by Gasteiger charge is 2.14. The van der Waals surface area contributed by atoms with Gasteiger partial charge >= 0.3 is 0 Å². The van der Waals surface area contributed by atoms with E-state index in [-0.39, 0.29) is 5.95 Å². The lowest BCUT2D eigenvalue weighted by atomic mass is 10.1. The fourth-order valence-electron chi connectivity index (χ4n) is 2.64. The molecule has 0 spiro atoms. The van der Waals surface area contributed by atoms with Crippen molar-refractivity contribution in [1.82, 2.24) is 15.0 Å². The van der Waals surface area contributed by atoms with Gasteiger partial charge in [-0.1, -0.05) is 12.1 Å². The van der Waals surface area contributed by atoms with E-state index in [1.807, 2.05) is 31.2 Å². The van der Waals surface area contributed by atoms with Gasteiger partial charge in [0, 0.05) is 36.4 Å². The molecule has 8 nitrogen and oxygen atoms in total. The van der Waals surface area contributed by atoms with Gasteiger partial charge in [-0.25, -0.2) is 4.98 Å². The monoisotopic (exact) mass is 358 g/mol. The van der Waals surface area contributed by atoms with Crippen molar-refractivity contribution in [3.05, 3.63) is 58.9 Å². The standard InChI is InChI=1S/C19H18N8/c1-11-4-12(2-3-16(11)22)9-25-18-15(7-21)17(26-19(23)27-18)14-5-13(6-20)8-24-10-14/h2-5,7-8,10,21H,9,22H2,1H3,(H3,23,25,26,27). The lowest BCUT2D eigenvalue weighted by Gasteiger charge is -2.13. The number of nitrogens with two attached hydrogens (primary N) is 2. The highest BCUT2D eigenvalue weighted by atomic mass is 15.1. The molecule has 134 valence electrons. The first kappa shape index (κ1) is 17.8. The van der Waals surface area contributed by atoms with Gasteiger partial charge in [0.05, 0.1) is 16.8 Å². The van der Waals surface area contributed by atoms with E-state index < -0.39 is 0 Å². The largest absolute Gasteiger partial charge is 0.399 e. The molecule has 0 saturated heterocycles. The smallest absolute Gasteiger partial charge is 0.222 e. The van der Waals surface area contributed by atoms with Crippen LogP contribution in [0.25, 0.3) is 11.3 Å². The van der Waals surface area contributed by atoms with Crippen molar-refractivity contribution >= 4 is 23.7 Å². The van der Waals surface area contributed by atoms with Gasteiger partial charge in [-0.05, 0) is 30.2 Å². The van der Waals surface area contributed by atoms with Crippen LogP contribution in [0.5, 0.6) is 0 Å². The van der Waals surface area contributed by atoms with E-state index in [1.54, 1.807) is 12.3 Å². The third-order valence-electron chi connectivity index (χ3n) is 4.04. The van der Waals surface area contributed by atoms with Crippen LogP contribution in [-0.2, 0) is 6.54 Å². The van der Waals surface area contributed by atoms with Crippen molar-refractivity contribution in [2.24, 2.45) is 0 Å². The molecule has 0 aliphatic heterocycles. The molecule has 0 unspecified atom stereocenters. The van der Waals surface area contributed by atoms with Crippen molar-refractivity contribution in [3.8, 4) is 17.3 Å². The Morgan fingerprint density at radius 1 is 1.22 bits per heavy atom. The second kappa shape index (κ2) is 7.49. The van der Waals surface area contributed by atoms with E-state index in [1.165, 1.54) is 6.20 Å². The number of nitrogens with one attached hydrogen (secondary N) is 2. The summed E-state index contributed by atoms with van der Waals surface area (Å²) in [5.41, 5.74) is 16.4. The lowest BCUT2D eigenvalue weighted by Crippen LogP contribution is -2.10. The summed E-state index contributed by atoms with van der Waals surface area (Å²) >= 11 is 0. The van der Waals surface area contributed by atoms with Crippen LogP contribution in [0.15, 0.2) is 36.7 Å². The number of pyridine rings is 1. The number of hydrogen-bond donors (Lipinski definition) is 4. The number of benzene rings is 1. The first-order chi connectivity index (χ1) is 13.0. The van der Waals surface area contributed by atoms with Crippen LogP contribution in [0.1, 0.15) is 22.3 Å². The highest BCUT2D eigenvalue weighted by Crippen LogP contribution is 2.26. The van der Waals surface area contributed by atoms with Crippen LogP contribution in [0, 0.1) is 23.7 Å². The van der Waals surface area contributed by atoms with Crippen LogP contribution in [0.4, 0.5) is 17.5 Å². The van der Waals surface area contributed by atoms with E-state index in [0.29, 0.717) is 34.7 Å². The number of nitrogens with zero attached hydrogens (tertiary/aromatic N) is 4. The van der Waals surface area contributed by atoms with Gasteiger partial charge in [0.25, 0.3) is 0 Å². The Bertz CT molecular complexity index is 1050. The summed E-state index contributed by atoms with van der Waals surface area (Å²) in [7, 11) is 0. The van der Waals surface area contributed by atoms with Gasteiger partial charge in [0.15, 0.2) is 0 Å². The van der Waals surface area contributed by atoms with E-state index in [4.69, 9.17) is 22.1 Å². The second-order valence-corrected chi connectivity index (χ2v) is 5.96. The summed E-state index contributed by atoms with van der Waals surface area (Å²) < 4.78 is 0. The van der Waals surface area contributed by atoms with Crippen molar-refractivity contribution < 1.29 is 0 Å². The number of nitrogen functional groups attached to an aromatic ring is 2. The molecule has 8 heteroatoms. The summed E-state index contributed by atoms with van der Waals surface area (Å²) in [6, 6.07) is 9.44. The zero-order valence-corrected chi connectivity index (χ0v) is 14.7. The molecule has 6 N–H and O–H groups in total. The average molecular weight is 358 g/mol. The molecule has 3 aromatic rings. The van der Waals surface area contributed by atoms with E-state index in [2.05, 4.69) is 20.3 Å². The Hall–Kier alpha value is -3.99. The Kier molecular flexibility index (Phi) is 4.95. The zero-order valence-electron chi connectivity index (χ0n) is 14.7. The van der Waals surface area contributed by atoms with Gasteiger partial charge in [-0.3, -0.25) is 4.98 Å². The van der Waals surface area contributed by atoms with Crippen molar-refractivity contribution in [1.29, 1.82) is 10.7 Å². The number of aryl methyl sites for hydroxylation is 1. The van der Waals surface area contributed by atoms with Crippen molar-refractivity contribution in [2.45, 2.75) is 13.5 Å².